The lowest BCUT2D eigenvalue weighted by Gasteiger charge is -2.32. The average Bonchev–Trinajstić information content (AvgIpc) is 2.51. The van der Waals surface area contributed by atoms with Gasteiger partial charge in [-0.3, -0.25) is 0 Å². The van der Waals surface area contributed by atoms with Crippen LogP contribution in [0.2, 0.25) is 0 Å². The molecule has 1 aliphatic heterocycles. The summed E-state index contributed by atoms with van der Waals surface area (Å²) in [5.41, 5.74) is 0. The first-order chi connectivity index (χ1) is 11.1. The molecule has 0 radical (unpaired) electrons. The van der Waals surface area contributed by atoms with Gasteiger partial charge in [-0.2, -0.15) is 0 Å². The molecule has 0 aliphatic carbocycles. The van der Waals surface area contributed by atoms with E-state index in [1.54, 1.807) is 0 Å². The molecule has 23 heavy (non-hydrogen) atoms. The van der Waals surface area contributed by atoms with Gasteiger partial charge in [-0.05, 0) is 39.5 Å². The Kier molecular flexibility index (Phi) is 12.0. The zero-order valence-corrected chi connectivity index (χ0v) is 15.6. The fourth-order valence-electron chi connectivity index (χ4n) is 3.66. The van der Waals surface area contributed by atoms with Gasteiger partial charge in [0.2, 0.25) is 0 Å². The fourth-order valence-corrected chi connectivity index (χ4v) is 3.66. The summed E-state index contributed by atoms with van der Waals surface area (Å²) in [5, 5.41) is 22.4. The van der Waals surface area contributed by atoms with Crippen LogP contribution in [0.25, 0.3) is 0 Å². The molecule has 0 aromatic carbocycles. The number of hydrogen-bond acceptors (Lipinski definition) is 3. The highest BCUT2D eigenvalue weighted by molar-refractivity contribution is 4.83. The molecule has 0 aromatic rings. The van der Waals surface area contributed by atoms with Crippen molar-refractivity contribution in [2.75, 3.05) is 0 Å². The maximum Gasteiger partial charge on any atom is 0.0691 e. The molecule has 0 saturated carbocycles. The molecule has 3 heteroatoms. The first kappa shape index (κ1) is 20.9. The number of aliphatic hydroxyl groups is 2. The van der Waals surface area contributed by atoms with Crippen molar-refractivity contribution < 1.29 is 10.2 Å². The Morgan fingerprint density at radius 2 is 1.39 bits per heavy atom. The standard InChI is InChI=1S/C20H41NO2/c1-17(22)13-11-9-7-5-3-4-6-8-10-12-14-19-15-16-20(23)18(2)21-19/h17-23H,3-16H2,1-2H3/t17?,18-,19+,20-/m1/s1. The molecule has 0 amide bonds. The Balaban J connectivity index is 1.78. The van der Waals surface area contributed by atoms with Crippen molar-refractivity contribution in [2.45, 2.75) is 128 Å². The van der Waals surface area contributed by atoms with Gasteiger partial charge in [0.05, 0.1) is 12.2 Å². The molecule has 1 unspecified atom stereocenters. The summed E-state index contributed by atoms with van der Waals surface area (Å²) >= 11 is 0. The van der Waals surface area contributed by atoms with Crippen LogP contribution in [0.5, 0.6) is 0 Å². The minimum atomic E-state index is -0.140. The van der Waals surface area contributed by atoms with Gasteiger partial charge in [-0.1, -0.05) is 64.2 Å². The van der Waals surface area contributed by atoms with E-state index in [9.17, 15) is 10.2 Å². The van der Waals surface area contributed by atoms with Gasteiger partial charge < -0.3 is 15.5 Å². The normalized spacial score (nSPS) is 26.3. The van der Waals surface area contributed by atoms with Crippen molar-refractivity contribution in [3.63, 3.8) is 0 Å². The van der Waals surface area contributed by atoms with Crippen molar-refractivity contribution >= 4 is 0 Å². The van der Waals surface area contributed by atoms with E-state index in [0.717, 1.165) is 19.3 Å². The predicted octanol–water partition coefficient (Wildman–Crippen LogP) is 4.55. The van der Waals surface area contributed by atoms with Gasteiger partial charge in [0, 0.05) is 12.1 Å². The number of rotatable bonds is 13. The van der Waals surface area contributed by atoms with Crippen LogP contribution in [-0.4, -0.2) is 34.5 Å². The SMILES string of the molecule is CC(O)CCCCCCCCCCCC[C@H]1CC[C@@H](O)[C@@H](C)N1. The van der Waals surface area contributed by atoms with Crippen LogP contribution in [0.15, 0.2) is 0 Å². The largest absolute Gasteiger partial charge is 0.393 e. The second-order valence-electron chi connectivity index (χ2n) is 7.76. The van der Waals surface area contributed by atoms with Crippen molar-refractivity contribution in [3.8, 4) is 0 Å². The van der Waals surface area contributed by atoms with Crippen LogP contribution in [0.1, 0.15) is 104 Å². The van der Waals surface area contributed by atoms with E-state index in [1.807, 2.05) is 6.92 Å². The Labute approximate surface area is 144 Å². The van der Waals surface area contributed by atoms with E-state index in [2.05, 4.69) is 12.2 Å². The molecule has 1 heterocycles. The summed E-state index contributed by atoms with van der Waals surface area (Å²) in [5.74, 6) is 0. The number of piperidine rings is 1. The molecule has 1 rings (SSSR count). The highest BCUT2D eigenvalue weighted by Gasteiger charge is 2.24. The van der Waals surface area contributed by atoms with Crippen molar-refractivity contribution in [1.82, 2.24) is 5.32 Å². The lowest BCUT2D eigenvalue weighted by molar-refractivity contribution is 0.0849. The smallest absolute Gasteiger partial charge is 0.0691 e. The predicted molar refractivity (Wildman–Crippen MR) is 98.7 cm³/mol. The highest BCUT2D eigenvalue weighted by Crippen LogP contribution is 2.18. The monoisotopic (exact) mass is 327 g/mol. The minimum Gasteiger partial charge on any atom is -0.393 e. The van der Waals surface area contributed by atoms with Gasteiger partial charge >= 0.3 is 0 Å². The maximum atomic E-state index is 9.71. The zero-order chi connectivity index (χ0) is 16.9. The molecule has 138 valence electrons. The van der Waals surface area contributed by atoms with E-state index >= 15 is 0 Å². The molecular formula is C20H41NO2. The summed E-state index contributed by atoms with van der Waals surface area (Å²) in [4.78, 5) is 0. The van der Waals surface area contributed by atoms with Crippen molar-refractivity contribution in [2.24, 2.45) is 0 Å². The first-order valence-corrected chi connectivity index (χ1v) is 10.2. The van der Waals surface area contributed by atoms with E-state index in [4.69, 9.17) is 0 Å². The molecule has 4 atom stereocenters. The second kappa shape index (κ2) is 13.2. The molecule has 1 aliphatic rings. The van der Waals surface area contributed by atoms with E-state index in [-0.39, 0.29) is 18.2 Å². The minimum absolute atomic E-state index is 0.118. The summed E-state index contributed by atoms with van der Waals surface area (Å²) in [6.45, 7) is 3.98. The highest BCUT2D eigenvalue weighted by atomic mass is 16.3. The molecule has 3 N–H and O–H groups in total. The van der Waals surface area contributed by atoms with Gasteiger partial charge in [0.25, 0.3) is 0 Å². The molecule has 1 fully saturated rings. The maximum absolute atomic E-state index is 9.71. The fraction of sp³-hybridized carbons (Fsp3) is 1.00. The number of aliphatic hydroxyl groups excluding tert-OH is 2. The van der Waals surface area contributed by atoms with Gasteiger partial charge in [-0.15, -0.1) is 0 Å². The van der Waals surface area contributed by atoms with Crippen LogP contribution >= 0.6 is 0 Å². The quantitative estimate of drug-likeness (QED) is 0.435. The van der Waals surface area contributed by atoms with E-state index in [1.165, 1.54) is 70.6 Å². The lowest BCUT2D eigenvalue weighted by atomic mass is 9.93. The van der Waals surface area contributed by atoms with Gasteiger partial charge in [0.1, 0.15) is 0 Å². The summed E-state index contributed by atoms with van der Waals surface area (Å²) in [6, 6.07) is 0.907. The van der Waals surface area contributed by atoms with E-state index in [0.29, 0.717) is 6.04 Å². The number of unbranched alkanes of at least 4 members (excludes halogenated alkanes) is 9. The zero-order valence-electron chi connectivity index (χ0n) is 15.6. The molecule has 0 aromatic heterocycles. The van der Waals surface area contributed by atoms with Crippen LogP contribution < -0.4 is 5.32 Å². The van der Waals surface area contributed by atoms with E-state index < -0.39 is 0 Å². The van der Waals surface area contributed by atoms with Gasteiger partial charge in [-0.25, -0.2) is 0 Å². The van der Waals surface area contributed by atoms with Crippen molar-refractivity contribution in [1.29, 1.82) is 0 Å². The Morgan fingerprint density at radius 1 is 0.870 bits per heavy atom. The third-order valence-electron chi connectivity index (χ3n) is 5.31. The lowest BCUT2D eigenvalue weighted by Crippen LogP contribution is -2.48. The third-order valence-corrected chi connectivity index (χ3v) is 5.31. The molecule has 1 saturated heterocycles. The number of hydrogen-bond donors (Lipinski definition) is 3. The summed E-state index contributed by atoms with van der Waals surface area (Å²) < 4.78 is 0. The molecule has 0 spiro atoms. The number of nitrogens with one attached hydrogen (secondary N) is 1. The summed E-state index contributed by atoms with van der Waals surface area (Å²) in [7, 11) is 0. The van der Waals surface area contributed by atoms with Crippen LogP contribution in [0.3, 0.4) is 0 Å². The Morgan fingerprint density at radius 3 is 1.91 bits per heavy atom. The third kappa shape index (κ3) is 11.1. The topological polar surface area (TPSA) is 52.5 Å². The van der Waals surface area contributed by atoms with Crippen LogP contribution in [0, 0.1) is 0 Å². The Hall–Kier alpha value is -0.120. The molecule has 0 bridgehead atoms. The van der Waals surface area contributed by atoms with Crippen molar-refractivity contribution in [3.05, 3.63) is 0 Å². The van der Waals surface area contributed by atoms with Crippen LogP contribution in [0.4, 0.5) is 0 Å². The van der Waals surface area contributed by atoms with Crippen LogP contribution in [-0.2, 0) is 0 Å². The average molecular weight is 328 g/mol. The summed E-state index contributed by atoms with van der Waals surface area (Å²) in [6.07, 6.45) is 17.5. The second-order valence-corrected chi connectivity index (χ2v) is 7.76. The Bertz CT molecular complexity index is 270. The first-order valence-electron chi connectivity index (χ1n) is 10.2. The van der Waals surface area contributed by atoms with Gasteiger partial charge in [0.15, 0.2) is 0 Å². The molecular weight excluding hydrogens is 286 g/mol. The molecule has 3 nitrogen and oxygen atoms in total.